The van der Waals surface area contributed by atoms with Crippen LogP contribution in [0.3, 0.4) is 0 Å². The molecule has 8 atom stereocenters. The molecule has 4 rings (SSSR count). The molecule has 170 valence electrons. The SMILES string of the molecule is CC(=O)O[C@]1(C(=O)CCl)C(C)C[C@H]2[C@@H]3CCC4=CC(=O)C=C[C@]4(C)[C@@]3(Cl)C(O)C[C@@]21C. The fourth-order valence-corrected chi connectivity index (χ4v) is 8.45. The van der Waals surface area contributed by atoms with E-state index in [1.165, 1.54) is 13.0 Å². The van der Waals surface area contributed by atoms with Gasteiger partial charge >= 0.3 is 5.97 Å². The van der Waals surface area contributed by atoms with Crippen LogP contribution < -0.4 is 0 Å². The van der Waals surface area contributed by atoms with Crippen molar-refractivity contribution in [2.45, 2.75) is 70.0 Å². The number of carbonyl (C=O) groups excluding carboxylic acids is 3. The van der Waals surface area contributed by atoms with Gasteiger partial charge in [0, 0.05) is 23.7 Å². The van der Waals surface area contributed by atoms with E-state index in [1.54, 1.807) is 6.08 Å². The minimum atomic E-state index is -1.39. The van der Waals surface area contributed by atoms with Crippen LogP contribution in [0.1, 0.15) is 53.4 Å². The molecular weight excluding hydrogens is 439 g/mol. The highest BCUT2D eigenvalue weighted by Crippen LogP contribution is 2.72. The fraction of sp³-hybridized carbons (Fsp3) is 0.708. The quantitative estimate of drug-likeness (QED) is 0.500. The molecular formula is C24H30Cl2O5. The predicted octanol–water partition coefficient (Wildman–Crippen LogP) is 3.98. The third kappa shape index (κ3) is 2.69. The molecule has 4 aliphatic carbocycles. The van der Waals surface area contributed by atoms with Crippen molar-refractivity contribution in [2.75, 3.05) is 5.88 Å². The van der Waals surface area contributed by atoms with Crippen molar-refractivity contribution in [3.8, 4) is 0 Å². The van der Waals surface area contributed by atoms with Crippen molar-refractivity contribution >= 4 is 40.7 Å². The third-order valence-corrected chi connectivity index (χ3v) is 10.2. The molecule has 3 fully saturated rings. The van der Waals surface area contributed by atoms with E-state index < -0.39 is 33.4 Å². The molecule has 0 bridgehead atoms. The van der Waals surface area contributed by atoms with E-state index in [4.69, 9.17) is 27.9 Å². The summed E-state index contributed by atoms with van der Waals surface area (Å²) in [5.41, 5.74) is -1.90. The zero-order valence-corrected chi connectivity index (χ0v) is 19.9. The van der Waals surface area contributed by atoms with Gasteiger partial charge in [0.05, 0.1) is 16.9 Å². The van der Waals surface area contributed by atoms with Crippen LogP contribution in [0.25, 0.3) is 0 Å². The zero-order chi connectivity index (χ0) is 23.0. The Balaban J connectivity index is 1.86. The molecule has 0 amide bonds. The van der Waals surface area contributed by atoms with Crippen LogP contribution in [0.2, 0.25) is 0 Å². The largest absolute Gasteiger partial charge is 0.450 e. The van der Waals surface area contributed by atoms with Crippen molar-refractivity contribution in [2.24, 2.45) is 28.6 Å². The number of Topliss-reactive ketones (excluding diaryl/α,β-unsaturated/α-hetero) is 1. The average molecular weight is 469 g/mol. The highest BCUT2D eigenvalue weighted by atomic mass is 35.5. The normalized spacial score (nSPS) is 48.4. The molecule has 0 aromatic rings. The van der Waals surface area contributed by atoms with Crippen LogP contribution in [0.15, 0.2) is 23.8 Å². The summed E-state index contributed by atoms with van der Waals surface area (Å²) in [6.07, 6.45) is 6.32. The number of ketones is 2. The second-order valence-corrected chi connectivity index (χ2v) is 11.2. The van der Waals surface area contributed by atoms with Gasteiger partial charge in [-0.3, -0.25) is 14.4 Å². The lowest BCUT2D eigenvalue weighted by atomic mass is 9.45. The highest BCUT2D eigenvalue weighted by Gasteiger charge is 2.76. The van der Waals surface area contributed by atoms with Gasteiger partial charge in [-0.25, -0.2) is 0 Å². The maximum absolute atomic E-state index is 13.2. The smallest absolute Gasteiger partial charge is 0.303 e. The van der Waals surface area contributed by atoms with Crippen molar-refractivity contribution in [3.05, 3.63) is 23.8 Å². The highest BCUT2D eigenvalue weighted by molar-refractivity contribution is 6.29. The van der Waals surface area contributed by atoms with Gasteiger partial charge < -0.3 is 9.84 Å². The Kier molecular flexibility index (Phi) is 5.32. The van der Waals surface area contributed by atoms with Crippen LogP contribution in [0.4, 0.5) is 0 Å². The maximum Gasteiger partial charge on any atom is 0.303 e. The number of rotatable bonds is 3. The summed E-state index contributed by atoms with van der Waals surface area (Å²) in [7, 11) is 0. The summed E-state index contributed by atoms with van der Waals surface area (Å²) < 4.78 is 5.85. The Bertz CT molecular complexity index is 912. The van der Waals surface area contributed by atoms with Crippen LogP contribution in [0, 0.1) is 28.6 Å². The number of hydrogen-bond acceptors (Lipinski definition) is 5. The van der Waals surface area contributed by atoms with E-state index in [1.807, 2.05) is 26.8 Å². The summed E-state index contributed by atoms with van der Waals surface area (Å²) in [6, 6.07) is 0. The molecule has 0 aromatic carbocycles. The van der Waals surface area contributed by atoms with E-state index in [2.05, 4.69) is 0 Å². The van der Waals surface area contributed by atoms with Crippen LogP contribution >= 0.6 is 23.2 Å². The first-order chi connectivity index (χ1) is 14.4. The summed E-state index contributed by atoms with van der Waals surface area (Å²) in [5, 5.41) is 11.6. The second-order valence-electron chi connectivity index (χ2n) is 10.3. The van der Waals surface area contributed by atoms with Gasteiger partial charge in [0.25, 0.3) is 0 Å². The Morgan fingerprint density at radius 1 is 1.29 bits per heavy atom. The zero-order valence-electron chi connectivity index (χ0n) is 18.4. The molecule has 1 N–H and O–H groups in total. The standard InChI is InChI=1S/C24H30Cl2O5/c1-13-9-18-17-6-5-15-10-16(28)7-8-21(15,3)23(17,26)19(29)11-22(18,4)24(13,20(30)12-25)31-14(2)27/h7-8,10,13,17-19,29H,5-6,9,11-12H2,1-4H3/t13?,17-,18-,19?,21-,22-,23-,24-/m0/s1. The Hall–Kier alpha value is -1.17. The molecule has 0 radical (unpaired) electrons. The van der Waals surface area contributed by atoms with Crippen LogP contribution in [0.5, 0.6) is 0 Å². The number of allylic oxidation sites excluding steroid dienone is 4. The van der Waals surface area contributed by atoms with Crippen LogP contribution in [-0.4, -0.2) is 45.1 Å². The van der Waals surface area contributed by atoms with Gasteiger partial charge in [-0.15, -0.1) is 23.2 Å². The lowest BCUT2D eigenvalue weighted by Gasteiger charge is -2.64. The molecule has 0 aromatic heterocycles. The monoisotopic (exact) mass is 468 g/mol. The van der Waals surface area contributed by atoms with Gasteiger partial charge in [0.1, 0.15) is 0 Å². The van der Waals surface area contributed by atoms with E-state index in [9.17, 15) is 19.5 Å². The summed E-state index contributed by atoms with van der Waals surface area (Å²) >= 11 is 13.4. The first kappa shape index (κ1) is 23.0. The number of hydrogen-bond donors (Lipinski definition) is 1. The molecule has 3 saturated carbocycles. The number of fused-ring (bicyclic) bond motifs is 5. The minimum Gasteiger partial charge on any atom is -0.450 e. The van der Waals surface area contributed by atoms with E-state index in [0.29, 0.717) is 19.3 Å². The molecule has 0 spiro atoms. The number of aliphatic hydroxyl groups is 1. The van der Waals surface area contributed by atoms with Crippen molar-refractivity contribution < 1.29 is 24.2 Å². The molecule has 2 unspecified atom stereocenters. The van der Waals surface area contributed by atoms with E-state index in [0.717, 1.165) is 5.57 Å². The lowest BCUT2D eigenvalue weighted by Crippen LogP contribution is -2.69. The van der Waals surface area contributed by atoms with Gasteiger partial charge in [0.2, 0.25) is 0 Å². The lowest BCUT2D eigenvalue weighted by molar-refractivity contribution is -0.198. The number of ether oxygens (including phenoxy) is 1. The van der Waals surface area contributed by atoms with E-state index in [-0.39, 0.29) is 41.6 Å². The second kappa shape index (κ2) is 7.16. The number of halogens is 2. The molecule has 0 aliphatic heterocycles. The number of alkyl halides is 2. The Morgan fingerprint density at radius 2 is 1.97 bits per heavy atom. The van der Waals surface area contributed by atoms with Gasteiger partial charge in [-0.05, 0) is 49.7 Å². The number of aliphatic hydroxyl groups excluding tert-OH is 1. The topological polar surface area (TPSA) is 80.7 Å². The van der Waals surface area contributed by atoms with Crippen molar-refractivity contribution in [1.29, 1.82) is 0 Å². The summed E-state index contributed by atoms with van der Waals surface area (Å²) in [5.74, 6) is -1.58. The first-order valence-corrected chi connectivity index (χ1v) is 11.9. The average Bonchev–Trinajstić information content (AvgIpc) is 2.90. The first-order valence-electron chi connectivity index (χ1n) is 11.0. The maximum atomic E-state index is 13.2. The van der Waals surface area contributed by atoms with Gasteiger partial charge in [0.15, 0.2) is 17.2 Å². The molecule has 0 heterocycles. The summed E-state index contributed by atoms with van der Waals surface area (Å²) in [6.45, 7) is 7.17. The van der Waals surface area contributed by atoms with Crippen molar-refractivity contribution in [3.63, 3.8) is 0 Å². The molecule has 7 heteroatoms. The summed E-state index contributed by atoms with van der Waals surface area (Å²) in [4.78, 5) is 36.4. The molecule has 4 aliphatic rings. The third-order valence-electron chi connectivity index (χ3n) is 9.02. The molecule has 5 nitrogen and oxygen atoms in total. The Morgan fingerprint density at radius 3 is 2.58 bits per heavy atom. The number of esters is 1. The van der Waals surface area contributed by atoms with Gasteiger partial charge in [-0.1, -0.05) is 32.4 Å². The van der Waals surface area contributed by atoms with Crippen molar-refractivity contribution in [1.82, 2.24) is 0 Å². The fourth-order valence-electron chi connectivity index (χ4n) is 7.72. The molecule has 0 saturated heterocycles. The number of carbonyl (C=O) groups is 3. The van der Waals surface area contributed by atoms with Gasteiger partial charge in [-0.2, -0.15) is 0 Å². The Labute approximate surface area is 193 Å². The van der Waals surface area contributed by atoms with E-state index >= 15 is 0 Å². The minimum absolute atomic E-state index is 0.0423. The van der Waals surface area contributed by atoms with Crippen LogP contribution in [-0.2, 0) is 19.1 Å². The molecule has 31 heavy (non-hydrogen) atoms. The predicted molar refractivity (Wildman–Crippen MR) is 118 cm³/mol.